The molecule has 18 heavy (non-hydrogen) atoms. The van der Waals surface area contributed by atoms with E-state index < -0.39 is 0 Å². The third kappa shape index (κ3) is 1.91. The van der Waals surface area contributed by atoms with Gasteiger partial charge in [-0.3, -0.25) is 8.75 Å². The summed E-state index contributed by atoms with van der Waals surface area (Å²) in [6.07, 6.45) is 0. The molecule has 0 amide bonds. The van der Waals surface area contributed by atoms with Gasteiger partial charge in [-0.1, -0.05) is 35.8 Å². The molecule has 2 N–H and O–H groups in total. The van der Waals surface area contributed by atoms with E-state index >= 15 is 0 Å². The average Bonchev–Trinajstić information content (AvgIpc) is 2.70. The smallest absolute Gasteiger partial charge is 0.268 e. The third-order valence-electron chi connectivity index (χ3n) is 2.86. The quantitative estimate of drug-likeness (QED) is 0.717. The third-order valence-corrected chi connectivity index (χ3v) is 3.93. The number of rotatable bonds is 2. The molecule has 0 saturated heterocycles. The molecule has 0 spiro atoms. The summed E-state index contributed by atoms with van der Waals surface area (Å²) < 4.78 is 2.80. The second-order valence-corrected chi connectivity index (χ2v) is 5.23. The van der Waals surface area contributed by atoms with Crippen molar-refractivity contribution in [2.45, 2.75) is 6.54 Å². The maximum atomic E-state index is 12.1. The Balaban J connectivity index is 2.02. The Labute approximate surface area is 108 Å². The van der Waals surface area contributed by atoms with Crippen LogP contribution >= 0.6 is 11.5 Å². The number of fused-ring (bicyclic) bond motifs is 1. The number of nitrogen functional groups attached to an aromatic ring is 1. The molecular formula is C14H12N2OS. The summed E-state index contributed by atoms with van der Waals surface area (Å²) >= 11 is 1.50. The second-order valence-electron chi connectivity index (χ2n) is 4.17. The fourth-order valence-electron chi connectivity index (χ4n) is 1.91. The van der Waals surface area contributed by atoms with E-state index in [4.69, 9.17) is 5.73 Å². The van der Waals surface area contributed by atoms with Gasteiger partial charge in [0.15, 0.2) is 0 Å². The topological polar surface area (TPSA) is 48.0 Å². The minimum absolute atomic E-state index is 0.0763. The average molecular weight is 256 g/mol. The SMILES string of the molecule is Nc1ccc(Cn2sc3ccccc3c2=O)cc1. The first-order chi connectivity index (χ1) is 8.74. The Bertz CT molecular complexity index is 740. The van der Waals surface area contributed by atoms with Gasteiger partial charge in [-0.15, -0.1) is 0 Å². The molecule has 0 atom stereocenters. The normalized spacial score (nSPS) is 10.9. The Morgan fingerprint density at radius 2 is 1.78 bits per heavy atom. The van der Waals surface area contributed by atoms with E-state index in [9.17, 15) is 4.79 Å². The molecule has 0 aliphatic rings. The molecule has 0 radical (unpaired) electrons. The molecule has 0 unspecified atom stereocenters. The van der Waals surface area contributed by atoms with Crippen molar-refractivity contribution >= 4 is 27.3 Å². The van der Waals surface area contributed by atoms with Crippen LogP contribution in [0.3, 0.4) is 0 Å². The number of hydrogen-bond acceptors (Lipinski definition) is 3. The van der Waals surface area contributed by atoms with Crippen LogP contribution in [-0.2, 0) is 6.54 Å². The number of nitrogens with two attached hydrogens (primary N) is 1. The molecule has 0 bridgehead atoms. The van der Waals surface area contributed by atoms with Gasteiger partial charge in [0.2, 0.25) is 0 Å². The molecule has 1 heterocycles. The molecule has 0 saturated carbocycles. The summed E-state index contributed by atoms with van der Waals surface area (Å²) in [5.41, 5.74) is 7.54. The van der Waals surface area contributed by atoms with Crippen molar-refractivity contribution in [2.75, 3.05) is 5.73 Å². The summed E-state index contributed by atoms with van der Waals surface area (Å²) in [4.78, 5) is 12.1. The van der Waals surface area contributed by atoms with Crippen LogP contribution in [0.15, 0.2) is 53.3 Å². The van der Waals surface area contributed by atoms with Crippen molar-refractivity contribution in [2.24, 2.45) is 0 Å². The summed E-state index contributed by atoms with van der Waals surface area (Å²) in [7, 11) is 0. The molecule has 90 valence electrons. The first kappa shape index (κ1) is 11.0. The van der Waals surface area contributed by atoms with Crippen molar-refractivity contribution < 1.29 is 0 Å². The number of benzene rings is 2. The van der Waals surface area contributed by atoms with Gasteiger partial charge in [0, 0.05) is 5.69 Å². The molecule has 0 fully saturated rings. The van der Waals surface area contributed by atoms with E-state index in [1.54, 1.807) is 3.96 Å². The van der Waals surface area contributed by atoms with Crippen molar-refractivity contribution in [3.63, 3.8) is 0 Å². The van der Waals surface area contributed by atoms with Crippen LogP contribution in [0.5, 0.6) is 0 Å². The molecule has 4 heteroatoms. The summed E-state index contributed by atoms with van der Waals surface area (Å²) in [5, 5.41) is 0.790. The van der Waals surface area contributed by atoms with Gasteiger partial charge >= 0.3 is 0 Å². The van der Waals surface area contributed by atoms with Gasteiger partial charge in [-0.05, 0) is 29.8 Å². The van der Waals surface area contributed by atoms with E-state index in [2.05, 4.69) is 0 Å². The molecule has 3 rings (SSSR count). The fraction of sp³-hybridized carbons (Fsp3) is 0.0714. The highest BCUT2D eigenvalue weighted by atomic mass is 32.1. The first-order valence-electron chi connectivity index (χ1n) is 5.67. The van der Waals surface area contributed by atoms with Crippen molar-refractivity contribution in [3.05, 3.63) is 64.4 Å². The number of anilines is 1. The highest BCUT2D eigenvalue weighted by molar-refractivity contribution is 7.13. The summed E-state index contributed by atoms with van der Waals surface area (Å²) in [6.45, 7) is 0.596. The van der Waals surface area contributed by atoms with Gasteiger partial charge in [0.05, 0.1) is 16.6 Å². The van der Waals surface area contributed by atoms with E-state index in [1.165, 1.54) is 11.5 Å². The number of aromatic nitrogens is 1. The zero-order valence-corrected chi connectivity index (χ0v) is 10.5. The number of nitrogens with zero attached hydrogens (tertiary/aromatic N) is 1. The largest absolute Gasteiger partial charge is 0.399 e. The maximum Gasteiger partial charge on any atom is 0.268 e. The van der Waals surface area contributed by atoms with Gasteiger partial charge in [-0.2, -0.15) is 0 Å². The lowest BCUT2D eigenvalue weighted by atomic mass is 10.2. The lowest BCUT2D eigenvalue weighted by Crippen LogP contribution is -2.13. The van der Waals surface area contributed by atoms with E-state index in [1.807, 2.05) is 48.5 Å². The zero-order chi connectivity index (χ0) is 12.5. The predicted molar refractivity (Wildman–Crippen MR) is 76.0 cm³/mol. The summed E-state index contributed by atoms with van der Waals surface area (Å²) in [5.74, 6) is 0. The molecule has 0 aliphatic heterocycles. The lowest BCUT2D eigenvalue weighted by molar-refractivity contribution is 0.855. The second kappa shape index (κ2) is 4.31. The monoisotopic (exact) mass is 256 g/mol. The highest BCUT2D eigenvalue weighted by Crippen LogP contribution is 2.17. The van der Waals surface area contributed by atoms with Crippen LogP contribution in [0.2, 0.25) is 0 Å². The lowest BCUT2D eigenvalue weighted by Gasteiger charge is -2.01. The molecule has 1 aromatic heterocycles. The van der Waals surface area contributed by atoms with Crippen LogP contribution in [0, 0.1) is 0 Å². The molecule has 3 nitrogen and oxygen atoms in total. The van der Waals surface area contributed by atoms with E-state index in [0.717, 1.165) is 21.3 Å². The van der Waals surface area contributed by atoms with Crippen LogP contribution in [0.4, 0.5) is 5.69 Å². The van der Waals surface area contributed by atoms with Crippen molar-refractivity contribution in [1.29, 1.82) is 0 Å². The van der Waals surface area contributed by atoms with Gasteiger partial charge in [-0.25, -0.2) is 0 Å². The van der Waals surface area contributed by atoms with Crippen LogP contribution in [0.25, 0.3) is 10.1 Å². The summed E-state index contributed by atoms with van der Waals surface area (Å²) in [6, 6.07) is 15.3. The molecular weight excluding hydrogens is 244 g/mol. The van der Waals surface area contributed by atoms with Gasteiger partial charge < -0.3 is 5.73 Å². The van der Waals surface area contributed by atoms with Crippen molar-refractivity contribution in [1.82, 2.24) is 3.96 Å². The van der Waals surface area contributed by atoms with Crippen LogP contribution in [0.1, 0.15) is 5.56 Å². The fourth-order valence-corrected chi connectivity index (χ4v) is 2.94. The minimum Gasteiger partial charge on any atom is -0.399 e. The standard InChI is InChI=1S/C14H12N2OS/c15-11-7-5-10(6-8-11)9-16-14(17)12-3-1-2-4-13(12)18-16/h1-8H,9,15H2. The van der Waals surface area contributed by atoms with Crippen LogP contribution in [-0.4, -0.2) is 3.96 Å². The minimum atomic E-state index is 0.0763. The molecule has 3 aromatic rings. The van der Waals surface area contributed by atoms with Crippen molar-refractivity contribution in [3.8, 4) is 0 Å². The zero-order valence-electron chi connectivity index (χ0n) is 9.67. The maximum absolute atomic E-state index is 12.1. The Hall–Kier alpha value is -2.07. The Morgan fingerprint density at radius 3 is 2.50 bits per heavy atom. The van der Waals surface area contributed by atoms with E-state index in [0.29, 0.717) is 6.54 Å². The highest BCUT2D eigenvalue weighted by Gasteiger charge is 2.06. The van der Waals surface area contributed by atoms with E-state index in [-0.39, 0.29) is 5.56 Å². The molecule has 2 aromatic carbocycles. The van der Waals surface area contributed by atoms with Crippen LogP contribution < -0.4 is 11.3 Å². The first-order valence-corrected chi connectivity index (χ1v) is 6.44. The van der Waals surface area contributed by atoms with Gasteiger partial charge in [0.1, 0.15) is 0 Å². The predicted octanol–water partition coefficient (Wildman–Crippen LogP) is 2.69. The molecule has 0 aliphatic carbocycles. The Morgan fingerprint density at radius 1 is 1.06 bits per heavy atom. The Kier molecular flexibility index (Phi) is 2.64. The van der Waals surface area contributed by atoms with Gasteiger partial charge in [0.25, 0.3) is 5.56 Å². The number of hydrogen-bond donors (Lipinski definition) is 1.